The van der Waals surface area contributed by atoms with Crippen molar-refractivity contribution in [3.63, 3.8) is 0 Å². The van der Waals surface area contributed by atoms with E-state index in [0.717, 1.165) is 17.7 Å². The van der Waals surface area contributed by atoms with Crippen LogP contribution in [0.3, 0.4) is 0 Å². The molecule has 1 heterocycles. The number of carbonyl (C=O) groups excluding carboxylic acids is 1. The van der Waals surface area contributed by atoms with Crippen molar-refractivity contribution in [2.75, 3.05) is 5.32 Å². The topological polar surface area (TPSA) is 51.2 Å². The zero-order valence-corrected chi connectivity index (χ0v) is 14.4. The van der Waals surface area contributed by atoms with Crippen molar-refractivity contribution in [3.05, 3.63) is 77.6 Å². The van der Waals surface area contributed by atoms with Gasteiger partial charge in [0.05, 0.1) is 0 Å². The number of nitrogens with one attached hydrogen (secondary N) is 1. The summed E-state index contributed by atoms with van der Waals surface area (Å²) >= 11 is 6.21. The second-order valence-corrected chi connectivity index (χ2v) is 5.86. The van der Waals surface area contributed by atoms with Crippen molar-refractivity contribution in [2.24, 2.45) is 0 Å². The fourth-order valence-electron chi connectivity index (χ4n) is 2.36. The molecule has 3 aromatic rings. The van der Waals surface area contributed by atoms with Gasteiger partial charge in [0.2, 0.25) is 0 Å². The van der Waals surface area contributed by atoms with Gasteiger partial charge in [0.25, 0.3) is 5.91 Å². The molecule has 0 bridgehead atoms. The Labute approximate surface area is 157 Å². The van der Waals surface area contributed by atoms with Crippen LogP contribution in [-0.4, -0.2) is 17.3 Å². The summed E-state index contributed by atoms with van der Waals surface area (Å²) in [6.07, 6.45) is -1.54. The van der Waals surface area contributed by atoms with Crippen molar-refractivity contribution in [1.82, 2.24) is 4.98 Å². The maximum absolute atomic E-state index is 12.4. The molecule has 0 aliphatic rings. The Morgan fingerprint density at radius 1 is 1.00 bits per heavy atom. The number of halogens is 4. The smallest absolute Gasteiger partial charge is 0.406 e. The van der Waals surface area contributed by atoms with Crippen LogP contribution in [0.15, 0.2) is 67.0 Å². The van der Waals surface area contributed by atoms with Gasteiger partial charge in [-0.25, -0.2) is 0 Å². The van der Waals surface area contributed by atoms with Gasteiger partial charge in [0, 0.05) is 34.2 Å². The molecule has 1 aromatic heterocycles. The quantitative estimate of drug-likeness (QED) is 0.633. The van der Waals surface area contributed by atoms with Crippen LogP contribution in [0.5, 0.6) is 5.75 Å². The van der Waals surface area contributed by atoms with E-state index in [2.05, 4.69) is 15.0 Å². The van der Waals surface area contributed by atoms with E-state index >= 15 is 0 Å². The molecule has 0 unspecified atom stereocenters. The fourth-order valence-corrected chi connectivity index (χ4v) is 2.59. The van der Waals surface area contributed by atoms with Crippen molar-refractivity contribution >= 4 is 23.2 Å². The maximum atomic E-state index is 12.4. The van der Waals surface area contributed by atoms with E-state index in [1.54, 1.807) is 42.7 Å². The normalized spacial score (nSPS) is 11.1. The molecule has 4 nitrogen and oxygen atoms in total. The van der Waals surface area contributed by atoms with E-state index in [1.165, 1.54) is 12.1 Å². The van der Waals surface area contributed by atoms with Crippen molar-refractivity contribution in [1.29, 1.82) is 0 Å². The van der Waals surface area contributed by atoms with Crippen LogP contribution in [0.1, 0.15) is 10.4 Å². The molecule has 0 atom stereocenters. The van der Waals surface area contributed by atoms with Gasteiger partial charge in [0.15, 0.2) is 0 Å². The lowest BCUT2D eigenvalue weighted by molar-refractivity contribution is -0.274. The Morgan fingerprint density at radius 3 is 2.30 bits per heavy atom. The Balaban J connectivity index is 1.77. The highest BCUT2D eigenvalue weighted by atomic mass is 35.5. The molecule has 1 N–H and O–H groups in total. The molecule has 27 heavy (non-hydrogen) atoms. The summed E-state index contributed by atoms with van der Waals surface area (Å²) in [7, 11) is 0. The summed E-state index contributed by atoms with van der Waals surface area (Å²) in [5.41, 5.74) is 2.15. The van der Waals surface area contributed by atoms with E-state index in [-0.39, 0.29) is 5.75 Å². The number of ether oxygens (including phenoxy) is 1. The molecule has 8 heteroatoms. The Bertz CT molecular complexity index is 945. The van der Waals surface area contributed by atoms with Crippen LogP contribution in [0, 0.1) is 0 Å². The van der Waals surface area contributed by atoms with E-state index in [4.69, 9.17) is 11.6 Å². The number of aromatic nitrogens is 1. The number of nitrogens with zero attached hydrogens (tertiary/aromatic N) is 1. The predicted molar refractivity (Wildman–Crippen MR) is 95.8 cm³/mol. The molecule has 0 saturated carbocycles. The van der Waals surface area contributed by atoms with Crippen LogP contribution >= 0.6 is 11.6 Å². The molecule has 0 spiro atoms. The molecular weight excluding hydrogens is 381 g/mol. The Hall–Kier alpha value is -3.06. The van der Waals surface area contributed by atoms with E-state index < -0.39 is 12.3 Å². The van der Waals surface area contributed by atoms with E-state index in [1.807, 2.05) is 0 Å². The highest BCUT2D eigenvalue weighted by Crippen LogP contribution is 2.29. The number of amides is 1. The standard InChI is InChI=1S/C19H12ClF3N2O2/c20-17-6-1-13(11-16(17)12-7-9-24-10-8-12)18(26)25-14-2-4-15(5-3-14)27-19(21,22)23/h1-11H,(H,25,26). The van der Waals surface area contributed by atoms with Crippen LogP contribution in [-0.2, 0) is 0 Å². The molecule has 2 aromatic carbocycles. The highest BCUT2D eigenvalue weighted by Gasteiger charge is 2.30. The average molecular weight is 393 g/mol. The van der Waals surface area contributed by atoms with Gasteiger partial charge in [-0.15, -0.1) is 13.2 Å². The molecule has 1 amide bonds. The van der Waals surface area contributed by atoms with E-state index in [0.29, 0.717) is 21.8 Å². The van der Waals surface area contributed by atoms with Crippen LogP contribution in [0.2, 0.25) is 5.02 Å². The first-order valence-corrected chi connectivity index (χ1v) is 8.07. The van der Waals surface area contributed by atoms with Crippen molar-refractivity contribution < 1.29 is 22.7 Å². The Morgan fingerprint density at radius 2 is 1.67 bits per heavy atom. The summed E-state index contributed by atoms with van der Waals surface area (Å²) in [6.45, 7) is 0. The Kier molecular flexibility index (Phi) is 5.32. The number of carbonyl (C=O) groups is 1. The van der Waals surface area contributed by atoms with Gasteiger partial charge < -0.3 is 10.1 Å². The highest BCUT2D eigenvalue weighted by molar-refractivity contribution is 6.33. The van der Waals surface area contributed by atoms with Crippen LogP contribution < -0.4 is 10.1 Å². The summed E-state index contributed by atoms with van der Waals surface area (Å²) in [4.78, 5) is 16.4. The largest absolute Gasteiger partial charge is 0.573 e. The zero-order valence-electron chi connectivity index (χ0n) is 13.6. The van der Waals surface area contributed by atoms with Gasteiger partial charge in [0.1, 0.15) is 5.75 Å². The summed E-state index contributed by atoms with van der Waals surface area (Å²) < 4.78 is 40.3. The summed E-state index contributed by atoms with van der Waals surface area (Å²) in [5, 5.41) is 3.09. The van der Waals surface area contributed by atoms with Gasteiger partial charge in [-0.1, -0.05) is 11.6 Å². The minimum Gasteiger partial charge on any atom is -0.406 e. The van der Waals surface area contributed by atoms with Crippen LogP contribution in [0.25, 0.3) is 11.1 Å². The molecule has 0 saturated heterocycles. The maximum Gasteiger partial charge on any atom is 0.573 e. The molecule has 0 fully saturated rings. The van der Waals surface area contributed by atoms with Crippen molar-refractivity contribution in [2.45, 2.75) is 6.36 Å². The monoisotopic (exact) mass is 392 g/mol. The van der Waals surface area contributed by atoms with Crippen molar-refractivity contribution in [3.8, 4) is 16.9 Å². The summed E-state index contributed by atoms with van der Waals surface area (Å²) in [5.74, 6) is -0.793. The number of alkyl halides is 3. The number of benzene rings is 2. The average Bonchev–Trinajstić information content (AvgIpc) is 2.63. The molecule has 138 valence electrons. The third-order valence-corrected chi connectivity index (χ3v) is 3.90. The number of hydrogen-bond acceptors (Lipinski definition) is 3. The number of pyridine rings is 1. The molecule has 3 rings (SSSR count). The zero-order chi connectivity index (χ0) is 19.4. The second kappa shape index (κ2) is 7.67. The first kappa shape index (κ1) is 18.7. The lowest BCUT2D eigenvalue weighted by Crippen LogP contribution is -2.17. The second-order valence-electron chi connectivity index (χ2n) is 5.46. The third-order valence-electron chi connectivity index (χ3n) is 3.57. The van der Waals surface area contributed by atoms with Gasteiger partial charge in [-0.05, 0) is 60.2 Å². The van der Waals surface area contributed by atoms with E-state index in [9.17, 15) is 18.0 Å². The SMILES string of the molecule is O=C(Nc1ccc(OC(F)(F)F)cc1)c1ccc(Cl)c(-c2ccncc2)c1. The predicted octanol–water partition coefficient (Wildman–Crippen LogP) is 5.55. The van der Waals surface area contributed by atoms with Gasteiger partial charge in [-0.3, -0.25) is 9.78 Å². The molecule has 0 aliphatic carbocycles. The third kappa shape index (κ3) is 4.98. The molecule has 0 aliphatic heterocycles. The number of rotatable bonds is 4. The van der Waals surface area contributed by atoms with Gasteiger partial charge in [-0.2, -0.15) is 0 Å². The molecule has 0 radical (unpaired) electrons. The minimum atomic E-state index is -4.77. The lowest BCUT2D eigenvalue weighted by atomic mass is 10.0. The van der Waals surface area contributed by atoms with Crippen LogP contribution in [0.4, 0.5) is 18.9 Å². The fraction of sp³-hybridized carbons (Fsp3) is 0.0526. The summed E-state index contributed by atoms with van der Waals surface area (Å²) in [6, 6.07) is 13.2. The number of anilines is 1. The minimum absolute atomic E-state index is 0.329. The molecular formula is C19H12ClF3N2O2. The van der Waals surface area contributed by atoms with Gasteiger partial charge >= 0.3 is 6.36 Å². The lowest BCUT2D eigenvalue weighted by Gasteiger charge is -2.11. The first-order valence-electron chi connectivity index (χ1n) is 7.69. The first-order chi connectivity index (χ1) is 12.8. The number of hydrogen-bond donors (Lipinski definition) is 1.